The van der Waals surface area contributed by atoms with Crippen LogP contribution < -0.4 is 0 Å². The number of amides is 2. The van der Waals surface area contributed by atoms with E-state index in [9.17, 15) is 22.6 Å². The van der Waals surface area contributed by atoms with Crippen molar-refractivity contribution in [2.75, 3.05) is 0 Å². The highest BCUT2D eigenvalue weighted by Gasteiger charge is 2.54. The Labute approximate surface area is 153 Å². The number of benzene rings is 1. The first kappa shape index (κ1) is 19.2. The topological polar surface area (TPSA) is 141 Å². The van der Waals surface area contributed by atoms with E-state index in [0.29, 0.717) is 10.5 Å². The molecule has 1 fully saturated rings. The average molecular weight is 399 g/mol. The molecule has 0 saturated carbocycles. The maximum Gasteiger partial charge on any atom is 0.293 e. The minimum Gasteiger partial charge on any atom is -0.430 e. The summed E-state index contributed by atoms with van der Waals surface area (Å²) in [5, 5.41) is 3.38. The minimum atomic E-state index is -5.04. The summed E-state index contributed by atoms with van der Waals surface area (Å²) in [6, 6.07) is 5.65. The van der Waals surface area contributed by atoms with Gasteiger partial charge in [0, 0.05) is 29.9 Å². The van der Waals surface area contributed by atoms with Gasteiger partial charge in [0.05, 0.1) is 0 Å². The fourth-order valence-electron chi connectivity index (χ4n) is 2.54. The lowest BCUT2D eigenvalue weighted by molar-refractivity contribution is -0.140. The Morgan fingerprint density at radius 3 is 2.24 bits per heavy atom. The highest BCUT2D eigenvalue weighted by molar-refractivity contribution is 8.04. The van der Waals surface area contributed by atoms with E-state index in [-0.39, 0.29) is 18.5 Å². The first-order chi connectivity index (χ1) is 11.6. The van der Waals surface area contributed by atoms with Gasteiger partial charge in [0.1, 0.15) is 0 Å². The van der Waals surface area contributed by atoms with Crippen LogP contribution in [0, 0.1) is 0 Å². The molecule has 0 aromatic heterocycles. The number of carbonyl (C=O) groups excluding carboxylic acids is 2. The van der Waals surface area contributed by atoms with Crippen molar-refractivity contribution >= 4 is 56.7 Å². The average Bonchev–Trinajstić information content (AvgIpc) is 2.85. The molecule has 25 heavy (non-hydrogen) atoms. The second kappa shape index (κ2) is 7.02. The van der Waals surface area contributed by atoms with E-state index in [2.05, 4.69) is 10.0 Å². The second-order valence-corrected chi connectivity index (χ2v) is 7.90. The van der Waals surface area contributed by atoms with Crippen LogP contribution in [0.4, 0.5) is 5.69 Å². The van der Waals surface area contributed by atoms with E-state index < -0.39 is 37.4 Å². The summed E-state index contributed by atoms with van der Waals surface area (Å²) in [7, 11) is -5.04. The fraction of sp³-hybridized carbons (Fsp3) is 0.308. The van der Waals surface area contributed by atoms with Crippen molar-refractivity contribution in [1.82, 2.24) is 4.90 Å². The molecule has 1 unspecified atom stereocenters. The van der Waals surface area contributed by atoms with Gasteiger partial charge >= 0.3 is 0 Å². The van der Waals surface area contributed by atoms with Gasteiger partial charge in [-0.05, 0) is 11.1 Å². The maximum absolute atomic E-state index is 12.1. The van der Waals surface area contributed by atoms with Crippen LogP contribution >= 0.6 is 12.2 Å². The van der Waals surface area contributed by atoms with Crippen LogP contribution in [-0.2, 0) is 38.8 Å². The molecule has 0 aliphatic carbocycles. The summed E-state index contributed by atoms with van der Waals surface area (Å²) in [6.07, 6.45) is -0.893. The molecule has 1 aliphatic heterocycles. The molecular weight excluding hydrogens is 388 g/mol. The van der Waals surface area contributed by atoms with Gasteiger partial charge in [0.25, 0.3) is 10.1 Å². The van der Waals surface area contributed by atoms with Crippen molar-refractivity contribution in [3.05, 3.63) is 40.3 Å². The third-order valence-corrected chi connectivity index (χ3v) is 6.02. The number of imide groups is 1. The molecule has 12 heteroatoms. The van der Waals surface area contributed by atoms with Gasteiger partial charge < -0.3 is 24.8 Å². The number of rotatable bonds is 6. The Balaban J connectivity index is 2.59. The second-order valence-electron chi connectivity index (χ2n) is 5.20. The number of nitrogens with zero attached hydrogens (tertiary/aromatic N) is 4. The van der Waals surface area contributed by atoms with Crippen molar-refractivity contribution in [2.45, 2.75) is 24.1 Å². The maximum atomic E-state index is 12.1. The molecule has 1 aliphatic rings. The number of thiocarbonyl (C=S) groups is 1. The van der Waals surface area contributed by atoms with Gasteiger partial charge in [-0.25, -0.2) is 0 Å². The van der Waals surface area contributed by atoms with Gasteiger partial charge in [-0.3, -0.25) is 19.0 Å². The third-order valence-electron chi connectivity index (χ3n) is 3.70. The zero-order valence-corrected chi connectivity index (χ0v) is 15.0. The standard InChI is InChI=1S/C13H12N4O5S3/c14-16-15-9-3-1-8(2-4-9)7-13(12(23)24,25(20,21)22)17-10(18)5-6-11(17)19/h1-4H,5-7H2,(H,23,24)(H,20,21,22)/p-1. The van der Waals surface area contributed by atoms with Gasteiger partial charge in [0.15, 0.2) is 4.87 Å². The molecule has 132 valence electrons. The quantitative estimate of drug-likeness (QED) is 0.146. The predicted octanol–water partition coefficient (Wildman–Crippen LogP) is 1.78. The molecule has 1 saturated heterocycles. The molecular formula is C13H11N4O5S3-. The highest BCUT2D eigenvalue weighted by atomic mass is 32.2. The zero-order chi connectivity index (χ0) is 18.8. The lowest BCUT2D eigenvalue weighted by Crippen LogP contribution is -2.62. The van der Waals surface area contributed by atoms with Crippen molar-refractivity contribution in [2.24, 2.45) is 5.11 Å². The van der Waals surface area contributed by atoms with E-state index in [1.165, 1.54) is 24.3 Å². The van der Waals surface area contributed by atoms with Crippen LogP contribution in [-0.4, -0.2) is 38.8 Å². The highest BCUT2D eigenvalue weighted by Crippen LogP contribution is 2.34. The summed E-state index contributed by atoms with van der Waals surface area (Å²) in [6.45, 7) is 0. The number of carbonyl (C=O) groups is 2. The lowest BCUT2D eigenvalue weighted by atomic mass is 10.0. The molecule has 0 spiro atoms. The Kier molecular flexibility index (Phi) is 5.40. The van der Waals surface area contributed by atoms with Crippen LogP contribution in [0.2, 0.25) is 0 Å². The Bertz CT molecular complexity index is 877. The van der Waals surface area contributed by atoms with Crippen LogP contribution in [0.15, 0.2) is 29.4 Å². The van der Waals surface area contributed by atoms with Crippen molar-refractivity contribution in [3.63, 3.8) is 0 Å². The normalized spacial score (nSPS) is 17.1. The summed E-state index contributed by atoms with van der Waals surface area (Å²) >= 11 is 9.70. The largest absolute Gasteiger partial charge is 0.430 e. The van der Waals surface area contributed by atoms with E-state index in [4.69, 9.17) is 30.4 Å². The van der Waals surface area contributed by atoms with Crippen LogP contribution in [0.1, 0.15) is 18.4 Å². The predicted molar refractivity (Wildman–Crippen MR) is 94.3 cm³/mol. The van der Waals surface area contributed by atoms with Gasteiger partial charge in [0.2, 0.25) is 11.8 Å². The summed E-state index contributed by atoms with van der Waals surface area (Å²) in [5.41, 5.74) is 8.98. The van der Waals surface area contributed by atoms with Crippen molar-refractivity contribution in [1.29, 1.82) is 0 Å². The van der Waals surface area contributed by atoms with Gasteiger partial charge in [-0.15, -0.1) is 4.20 Å². The molecule has 1 aromatic rings. The van der Waals surface area contributed by atoms with Crippen molar-refractivity contribution in [3.8, 4) is 0 Å². The number of azide groups is 1. The number of hydrogen-bond donors (Lipinski definition) is 1. The monoisotopic (exact) mass is 399 g/mol. The molecule has 1 atom stereocenters. The summed E-state index contributed by atoms with van der Waals surface area (Å²) < 4.78 is 33.4. The molecule has 1 heterocycles. The minimum absolute atomic E-state index is 0.191. The molecule has 9 nitrogen and oxygen atoms in total. The third kappa shape index (κ3) is 3.48. The summed E-state index contributed by atoms with van der Waals surface area (Å²) in [5.74, 6) is -1.55. The molecule has 1 aromatic carbocycles. The van der Waals surface area contributed by atoms with Crippen LogP contribution in [0.5, 0.6) is 0 Å². The Morgan fingerprint density at radius 1 is 1.32 bits per heavy atom. The van der Waals surface area contributed by atoms with Crippen molar-refractivity contribution < 1.29 is 22.6 Å². The first-order valence-electron chi connectivity index (χ1n) is 6.82. The number of likely N-dealkylation sites (tertiary alicyclic amines) is 1. The smallest absolute Gasteiger partial charge is 0.293 e. The Hall–Kier alpha value is -2.11. The summed E-state index contributed by atoms with van der Waals surface area (Å²) in [4.78, 5) is 24.7. The molecule has 0 bridgehead atoms. The zero-order valence-electron chi connectivity index (χ0n) is 12.5. The SMILES string of the molecule is [N-]=[N+]=Nc1ccc(CC(C(=S)[S-])(N2C(=O)CCC2=O)S(=O)(=O)O)cc1. The number of hydrogen-bond acceptors (Lipinski definition) is 7. The lowest BCUT2D eigenvalue weighted by Gasteiger charge is -2.40. The Morgan fingerprint density at radius 2 is 1.84 bits per heavy atom. The van der Waals surface area contributed by atoms with E-state index in [0.717, 1.165) is 0 Å². The van der Waals surface area contributed by atoms with Crippen LogP contribution in [0.3, 0.4) is 0 Å². The van der Waals surface area contributed by atoms with E-state index >= 15 is 0 Å². The molecule has 1 N–H and O–H groups in total. The van der Waals surface area contributed by atoms with E-state index in [1.54, 1.807) is 0 Å². The van der Waals surface area contributed by atoms with E-state index in [1.807, 2.05) is 0 Å². The fourth-order valence-corrected chi connectivity index (χ4v) is 4.50. The molecule has 2 rings (SSSR count). The van der Waals surface area contributed by atoms with Gasteiger partial charge in [-0.2, -0.15) is 8.42 Å². The molecule has 2 amide bonds. The molecule has 0 radical (unpaired) electrons. The van der Waals surface area contributed by atoms with Gasteiger partial charge in [-0.1, -0.05) is 29.4 Å². The first-order valence-corrected chi connectivity index (χ1v) is 9.07. The van der Waals surface area contributed by atoms with Crippen LogP contribution in [0.25, 0.3) is 10.4 Å².